The van der Waals surface area contributed by atoms with E-state index in [2.05, 4.69) is 0 Å². The minimum absolute atomic E-state index is 0.0375. The molecule has 1 fully saturated rings. The van der Waals surface area contributed by atoms with Crippen molar-refractivity contribution in [3.63, 3.8) is 0 Å². The van der Waals surface area contributed by atoms with Gasteiger partial charge in [0, 0.05) is 12.2 Å². The molecule has 0 radical (unpaired) electrons. The third-order valence-corrected chi connectivity index (χ3v) is 4.71. The number of rotatable bonds is 6. The Labute approximate surface area is 125 Å². The molecule has 1 aliphatic rings. The van der Waals surface area contributed by atoms with E-state index in [-0.39, 0.29) is 22.7 Å². The monoisotopic (exact) mass is 314 g/mol. The minimum atomic E-state index is -3.82. The second kappa shape index (κ2) is 6.19. The molecule has 7 heteroatoms. The lowest BCUT2D eigenvalue weighted by Crippen LogP contribution is -2.23. The molecule has 2 N–H and O–H groups in total. The molecule has 1 aliphatic carbocycles. The molecule has 0 aliphatic heterocycles. The van der Waals surface area contributed by atoms with Crippen molar-refractivity contribution in [3.8, 4) is 0 Å². The van der Waals surface area contributed by atoms with Gasteiger partial charge >= 0.3 is 5.97 Å². The third kappa shape index (κ3) is 3.65. The molecule has 0 amide bonds. The molecular formula is C14H22N2O4S. The van der Waals surface area contributed by atoms with Gasteiger partial charge in [0.1, 0.15) is 10.6 Å². The topological polar surface area (TPSA) is 91.4 Å². The fraction of sp³-hybridized carbons (Fsp3) is 0.643. The quantitative estimate of drug-likeness (QED) is 0.815. The molecule has 1 heterocycles. The summed E-state index contributed by atoms with van der Waals surface area (Å²) < 4.78 is 30.0. The first-order chi connectivity index (χ1) is 9.82. The van der Waals surface area contributed by atoms with E-state index < -0.39 is 16.0 Å². The first kappa shape index (κ1) is 16.0. The van der Waals surface area contributed by atoms with Crippen molar-refractivity contribution in [2.75, 3.05) is 0 Å². The number of hydrogen-bond donors (Lipinski definition) is 1. The molecule has 1 saturated carbocycles. The fourth-order valence-corrected chi connectivity index (χ4v) is 2.99. The van der Waals surface area contributed by atoms with Crippen LogP contribution in [0.5, 0.6) is 0 Å². The van der Waals surface area contributed by atoms with Crippen molar-refractivity contribution in [3.05, 3.63) is 18.0 Å². The van der Waals surface area contributed by atoms with Crippen LogP contribution in [0.1, 0.15) is 62.5 Å². The summed E-state index contributed by atoms with van der Waals surface area (Å²) in [4.78, 5) is 12.2. The van der Waals surface area contributed by atoms with Gasteiger partial charge in [-0.15, -0.1) is 0 Å². The van der Waals surface area contributed by atoms with Gasteiger partial charge in [0.25, 0.3) is 0 Å². The Bertz CT molecular complexity index is 617. The Balaban J connectivity index is 2.28. The molecule has 21 heavy (non-hydrogen) atoms. The average Bonchev–Trinajstić information content (AvgIpc) is 2.71. The summed E-state index contributed by atoms with van der Waals surface area (Å²) in [5.74, 6) is -0.488. The summed E-state index contributed by atoms with van der Waals surface area (Å²) >= 11 is 0. The number of primary sulfonamides is 1. The Hall–Kier alpha value is -1.34. The number of esters is 1. The van der Waals surface area contributed by atoms with Crippen LogP contribution in [0.3, 0.4) is 0 Å². The van der Waals surface area contributed by atoms with Crippen LogP contribution >= 0.6 is 0 Å². The van der Waals surface area contributed by atoms with Gasteiger partial charge in [-0.3, -0.25) is 0 Å². The molecular weight excluding hydrogens is 292 g/mol. The highest BCUT2D eigenvalue weighted by atomic mass is 32.2. The van der Waals surface area contributed by atoms with Crippen LogP contribution in [-0.4, -0.2) is 25.1 Å². The molecule has 0 spiro atoms. The van der Waals surface area contributed by atoms with E-state index in [1.54, 1.807) is 4.57 Å². The van der Waals surface area contributed by atoms with E-state index in [9.17, 15) is 13.2 Å². The number of nitrogens with zero attached hydrogens (tertiary/aromatic N) is 1. The highest BCUT2D eigenvalue weighted by Crippen LogP contribution is 2.34. The average molecular weight is 314 g/mol. The molecule has 1 atom stereocenters. The van der Waals surface area contributed by atoms with Crippen LogP contribution in [0.15, 0.2) is 17.2 Å². The second-order valence-electron chi connectivity index (χ2n) is 5.60. The minimum Gasteiger partial charge on any atom is -0.458 e. The van der Waals surface area contributed by atoms with Crippen molar-refractivity contribution in [2.24, 2.45) is 5.14 Å². The lowest BCUT2D eigenvalue weighted by molar-refractivity contribution is 0.0305. The van der Waals surface area contributed by atoms with Crippen LogP contribution < -0.4 is 5.14 Å². The zero-order valence-corrected chi connectivity index (χ0v) is 13.2. The van der Waals surface area contributed by atoms with Crippen molar-refractivity contribution >= 4 is 16.0 Å². The van der Waals surface area contributed by atoms with Crippen molar-refractivity contribution in [1.29, 1.82) is 0 Å². The first-order valence-electron chi connectivity index (χ1n) is 7.28. The largest absolute Gasteiger partial charge is 0.458 e. The van der Waals surface area contributed by atoms with Gasteiger partial charge < -0.3 is 9.30 Å². The smallest absolute Gasteiger partial charge is 0.355 e. The molecule has 1 unspecified atom stereocenters. The van der Waals surface area contributed by atoms with Gasteiger partial charge in [-0.25, -0.2) is 18.4 Å². The third-order valence-electron chi connectivity index (χ3n) is 3.83. The number of ether oxygens (including phenoxy) is 1. The first-order valence-corrected chi connectivity index (χ1v) is 8.83. The predicted octanol–water partition coefficient (Wildman–Crippen LogP) is 2.21. The second-order valence-corrected chi connectivity index (χ2v) is 7.16. The summed E-state index contributed by atoms with van der Waals surface area (Å²) in [6.07, 6.45) is 5.89. The van der Waals surface area contributed by atoms with Crippen molar-refractivity contribution < 1.29 is 17.9 Å². The number of sulfonamides is 1. The maximum absolute atomic E-state index is 12.3. The van der Waals surface area contributed by atoms with Crippen molar-refractivity contribution in [2.45, 2.75) is 63.0 Å². The van der Waals surface area contributed by atoms with Gasteiger partial charge in [0.05, 0.1) is 6.10 Å². The molecule has 0 bridgehead atoms. The van der Waals surface area contributed by atoms with Crippen molar-refractivity contribution in [1.82, 2.24) is 4.57 Å². The lowest BCUT2D eigenvalue weighted by atomic mass is 9.93. The normalized spacial score (nSPS) is 17.3. The van der Waals surface area contributed by atoms with Gasteiger partial charge in [0.2, 0.25) is 10.0 Å². The van der Waals surface area contributed by atoms with Crippen LogP contribution in [0.4, 0.5) is 0 Å². The lowest BCUT2D eigenvalue weighted by Gasteiger charge is -2.28. The molecule has 118 valence electrons. The Morgan fingerprint density at radius 1 is 1.52 bits per heavy atom. The number of carbonyl (C=O) groups is 1. The summed E-state index contributed by atoms with van der Waals surface area (Å²) in [5, 5.41) is 5.15. The number of carbonyl (C=O) groups excluding carboxylic acids is 1. The molecule has 1 aromatic heterocycles. The molecule has 2 rings (SSSR count). The van der Waals surface area contributed by atoms with Gasteiger partial charge in [-0.05, 0) is 38.7 Å². The fourth-order valence-electron chi connectivity index (χ4n) is 2.45. The Kier molecular flexibility index (Phi) is 4.73. The van der Waals surface area contributed by atoms with Crippen LogP contribution in [0.25, 0.3) is 0 Å². The zero-order valence-electron chi connectivity index (χ0n) is 12.4. The molecule has 6 nitrogen and oxygen atoms in total. The van der Waals surface area contributed by atoms with E-state index in [0.29, 0.717) is 0 Å². The summed E-state index contributed by atoms with van der Waals surface area (Å²) in [6.45, 7) is 3.85. The number of aromatic nitrogens is 1. The van der Waals surface area contributed by atoms with Crippen LogP contribution in [0, 0.1) is 0 Å². The summed E-state index contributed by atoms with van der Waals surface area (Å²) in [7, 11) is -3.82. The SMILES string of the molecule is CCCC(C)OC(=O)c1cc(S(N)(=O)=O)cn1C1CCC1. The highest BCUT2D eigenvalue weighted by molar-refractivity contribution is 7.89. The van der Waals surface area contributed by atoms with E-state index in [1.807, 2.05) is 13.8 Å². The molecule has 1 aromatic rings. The maximum Gasteiger partial charge on any atom is 0.355 e. The van der Waals surface area contributed by atoms with Gasteiger partial charge in [-0.1, -0.05) is 13.3 Å². The maximum atomic E-state index is 12.3. The van der Waals surface area contributed by atoms with E-state index in [0.717, 1.165) is 32.1 Å². The van der Waals surface area contributed by atoms with Crippen LogP contribution in [0.2, 0.25) is 0 Å². The van der Waals surface area contributed by atoms with E-state index >= 15 is 0 Å². The van der Waals surface area contributed by atoms with E-state index in [4.69, 9.17) is 9.88 Å². The van der Waals surface area contributed by atoms with Crippen LogP contribution in [-0.2, 0) is 14.8 Å². The van der Waals surface area contributed by atoms with E-state index in [1.165, 1.54) is 12.3 Å². The Morgan fingerprint density at radius 2 is 2.19 bits per heavy atom. The molecule has 0 aromatic carbocycles. The summed E-state index contributed by atoms with van der Waals surface area (Å²) in [6, 6.07) is 1.47. The van der Waals surface area contributed by atoms with Gasteiger partial charge in [0.15, 0.2) is 0 Å². The van der Waals surface area contributed by atoms with Gasteiger partial charge in [-0.2, -0.15) is 0 Å². The number of hydrogen-bond acceptors (Lipinski definition) is 4. The molecule has 0 saturated heterocycles. The standard InChI is InChI=1S/C14H22N2O4S/c1-3-5-10(2)20-14(17)13-8-12(21(15,18)19)9-16(13)11-6-4-7-11/h8-11H,3-7H2,1-2H3,(H2,15,18,19). The number of nitrogens with two attached hydrogens (primary N) is 1. The predicted molar refractivity (Wildman–Crippen MR) is 78.5 cm³/mol. The summed E-state index contributed by atoms with van der Waals surface area (Å²) in [5.41, 5.74) is 0.270. The zero-order chi connectivity index (χ0) is 15.6. The highest BCUT2D eigenvalue weighted by Gasteiger charge is 2.28. The Morgan fingerprint density at radius 3 is 2.67 bits per heavy atom.